The first-order valence-electron chi connectivity index (χ1n) is 12.3. The molecule has 2 aliphatic rings. The number of allylic oxidation sites excluding steroid dienone is 2. The van der Waals surface area contributed by atoms with E-state index in [4.69, 9.17) is 0 Å². The van der Waals surface area contributed by atoms with Gasteiger partial charge >= 0.3 is 0 Å². The monoisotopic (exact) mass is 486 g/mol. The van der Waals surface area contributed by atoms with Crippen LogP contribution in [0.3, 0.4) is 0 Å². The minimum absolute atomic E-state index is 0.121. The lowest BCUT2D eigenvalue weighted by molar-refractivity contribution is 0.425. The molecule has 0 fully saturated rings. The molecule has 5 rings (SSSR count). The van der Waals surface area contributed by atoms with Gasteiger partial charge < -0.3 is 5.32 Å². The first-order valence-corrected chi connectivity index (χ1v) is 13.8. The van der Waals surface area contributed by atoms with Crippen LogP contribution in [0, 0.1) is 19.8 Å². The van der Waals surface area contributed by atoms with Gasteiger partial charge in [0, 0.05) is 11.6 Å². The van der Waals surface area contributed by atoms with Gasteiger partial charge in [0.05, 0.1) is 16.6 Å². The summed E-state index contributed by atoms with van der Waals surface area (Å²) in [5.41, 5.74) is 7.32. The number of anilines is 2. The SMILES string of the molecule is Cc1ccc(C)c(NS(=O)(=O)c2ccc3c(c2)[C@H]2C=CC[C@H]2[C@@H](c2ccc(C(C)(C)C)cc2)N3)c1. The molecule has 1 heterocycles. The highest BCUT2D eigenvalue weighted by atomic mass is 32.2. The van der Waals surface area contributed by atoms with E-state index in [9.17, 15) is 8.42 Å². The van der Waals surface area contributed by atoms with Crippen molar-refractivity contribution in [1.82, 2.24) is 0 Å². The molecule has 5 heteroatoms. The van der Waals surface area contributed by atoms with E-state index in [0.717, 1.165) is 28.8 Å². The zero-order chi connectivity index (χ0) is 25.0. The molecule has 1 aliphatic carbocycles. The molecule has 2 N–H and O–H groups in total. The number of nitrogens with one attached hydrogen (secondary N) is 2. The second kappa shape index (κ2) is 8.56. The van der Waals surface area contributed by atoms with Gasteiger partial charge in [-0.3, -0.25) is 4.72 Å². The number of benzene rings is 3. The molecular formula is C30H34N2O2S. The molecule has 3 aromatic carbocycles. The Morgan fingerprint density at radius 2 is 1.69 bits per heavy atom. The Bertz CT molecular complexity index is 1400. The highest BCUT2D eigenvalue weighted by Gasteiger charge is 2.38. The summed E-state index contributed by atoms with van der Waals surface area (Å²) in [4.78, 5) is 0.297. The molecule has 0 radical (unpaired) electrons. The van der Waals surface area contributed by atoms with Crippen molar-refractivity contribution in [3.8, 4) is 0 Å². The Labute approximate surface area is 209 Å². The Balaban J connectivity index is 1.46. The fourth-order valence-electron chi connectivity index (χ4n) is 5.31. The van der Waals surface area contributed by atoms with Crippen molar-refractivity contribution in [1.29, 1.82) is 0 Å². The third kappa shape index (κ3) is 4.50. The van der Waals surface area contributed by atoms with Crippen LogP contribution in [0.15, 0.2) is 77.7 Å². The van der Waals surface area contributed by atoms with Gasteiger partial charge in [0.15, 0.2) is 0 Å². The number of hydrogen-bond donors (Lipinski definition) is 2. The summed E-state index contributed by atoms with van der Waals surface area (Å²) < 4.78 is 29.4. The largest absolute Gasteiger partial charge is 0.378 e. The third-order valence-electron chi connectivity index (χ3n) is 7.42. The van der Waals surface area contributed by atoms with E-state index in [0.29, 0.717) is 16.5 Å². The summed E-state index contributed by atoms with van der Waals surface area (Å²) in [6.07, 6.45) is 5.45. The van der Waals surface area contributed by atoms with Crippen molar-refractivity contribution in [2.75, 3.05) is 10.0 Å². The molecule has 3 aromatic rings. The number of fused-ring (bicyclic) bond motifs is 3. The lowest BCUT2D eigenvalue weighted by Crippen LogP contribution is -2.29. The van der Waals surface area contributed by atoms with Gasteiger partial charge in [-0.2, -0.15) is 0 Å². The van der Waals surface area contributed by atoms with Crippen molar-refractivity contribution in [2.24, 2.45) is 5.92 Å². The maximum atomic E-state index is 13.3. The Kier molecular flexibility index (Phi) is 5.79. The summed E-state index contributed by atoms with van der Waals surface area (Å²) in [7, 11) is -3.70. The molecule has 0 spiro atoms. The highest BCUT2D eigenvalue weighted by Crippen LogP contribution is 2.50. The zero-order valence-electron chi connectivity index (χ0n) is 21.1. The smallest absolute Gasteiger partial charge is 0.261 e. The predicted octanol–water partition coefficient (Wildman–Crippen LogP) is 7.23. The van der Waals surface area contributed by atoms with Crippen LogP contribution in [0.4, 0.5) is 11.4 Å². The van der Waals surface area contributed by atoms with Crippen LogP contribution < -0.4 is 10.0 Å². The molecule has 0 bridgehead atoms. The third-order valence-corrected chi connectivity index (χ3v) is 8.78. The van der Waals surface area contributed by atoms with Crippen LogP contribution in [-0.4, -0.2) is 8.42 Å². The van der Waals surface area contributed by atoms with Crippen LogP contribution in [-0.2, 0) is 15.4 Å². The van der Waals surface area contributed by atoms with Crippen LogP contribution >= 0.6 is 0 Å². The van der Waals surface area contributed by atoms with E-state index in [2.05, 4.69) is 67.2 Å². The lowest BCUT2D eigenvalue weighted by Gasteiger charge is -2.38. The van der Waals surface area contributed by atoms with E-state index >= 15 is 0 Å². The molecule has 182 valence electrons. The first kappa shape index (κ1) is 23.7. The summed E-state index contributed by atoms with van der Waals surface area (Å²) in [6.45, 7) is 10.6. The van der Waals surface area contributed by atoms with Gasteiger partial charge in [-0.15, -0.1) is 0 Å². The molecule has 4 nitrogen and oxygen atoms in total. The van der Waals surface area contributed by atoms with Crippen LogP contribution in [0.2, 0.25) is 0 Å². The van der Waals surface area contributed by atoms with Crippen LogP contribution in [0.1, 0.15) is 67.0 Å². The molecule has 0 aromatic heterocycles. The minimum Gasteiger partial charge on any atom is -0.378 e. The lowest BCUT2D eigenvalue weighted by atomic mass is 9.76. The average molecular weight is 487 g/mol. The maximum Gasteiger partial charge on any atom is 0.261 e. The minimum atomic E-state index is -3.70. The van der Waals surface area contributed by atoms with E-state index in [1.165, 1.54) is 11.1 Å². The summed E-state index contributed by atoms with van der Waals surface area (Å²) in [5, 5.41) is 3.73. The predicted molar refractivity (Wildman–Crippen MR) is 145 cm³/mol. The molecule has 0 saturated heterocycles. The highest BCUT2D eigenvalue weighted by molar-refractivity contribution is 7.92. The van der Waals surface area contributed by atoms with Crippen molar-refractivity contribution < 1.29 is 8.42 Å². The first-order chi connectivity index (χ1) is 16.5. The fraction of sp³-hybridized carbons (Fsp3) is 0.333. The molecule has 1 aliphatic heterocycles. The molecular weight excluding hydrogens is 452 g/mol. The van der Waals surface area contributed by atoms with Crippen LogP contribution in [0.5, 0.6) is 0 Å². The summed E-state index contributed by atoms with van der Waals surface area (Å²) in [6, 6.07) is 20.4. The standard InChI is InChI=1S/C30H34N2O2S/c1-19-9-10-20(2)28(17-19)32-35(33,34)23-15-16-27-26(18-23)24-7-6-8-25(24)29(31-27)21-11-13-22(14-12-21)30(3,4)5/h6-7,9-18,24-25,29,31-32H,8H2,1-5H3/t24-,25+,29+/m0/s1. The Hall–Kier alpha value is -3.05. The van der Waals surface area contributed by atoms with Crippen LogP contribution in [0.25, 0.3) is 0 Å². The van der Waals surface area contributed by atoms with E-state index in [1.807, 2.05) is 44.2 Å². The van der Waals surface area contributed by atoms with Gasteiger partial charge in [0.25, 0.3) is 10.0 Å². The number of aryl methyl sites for hydroxylation is 2. The number of hydrogen-bond acceptors (Lipinski definition) is 3. The van der Waals surface area contributed by atoms with Gasteiger partial charge in [-0.1, -0.05) is 69.3 Å². The van der Waals surface area contributed by atoms with Gasteiger partial charge in [0.1, 0.15) is 0 Å². The normalized spacial score (nSPS) is 21.2. The molecule has 0 amide bonds. The molecule has 0 unspecified atom stereocenters. The summed E-state index contributed by atoms with van der Waals surface area (Å²) in [5.74, 6) is 0.544. The molecule has 35 heavy (non-hydrogen) atoms. The van der Waals surface area contributed by atoms with Crippen molar-refractivity contribution >= 4 is 21.4 Å². The van der Waals surface area contributed by atoms with E-state index in [-0.39, 0.29) is 17.4 Å². The van der Waals surface area contributed by atoms with E-state index < -0.39 is 10.0 Å². The second-order valence-corrected chi connectivity index (χ2v) is 12.7. The average Bonchev–Trinajstić information content (AvgIpc) is 3.30. The maximum absolute atomic E-state index is 13.3. The number of sulfonamides is 1. The number of rotatable bonds is 4. The van der Waals surface area contributed by atoms with Gasteiger partial charge in [-0.25, -0.2) is 8.42 Å². The molecule has 3 atom stereocenters. The quantitative estimate of drug-likeness (QED) is 0.383. The summed E-state index contributed by atoms with van der Waals surface area (Å²) >= 11 is 0. The topological polar surface area (TPSA) is 58.2 Å². The fourth-order valence-corrected chi connectivity index (χ4v) is 6.47. The zero-order valence-corrected chi connectivity index (χ0v) is 21.9. The van der Waals surface area contributed by atoms with E-state index in [1.54, 1.807) is 6.07 Å². The van der Waals surface area contributed by atoms with Gasteiger partial charge in [0.2, 0.25) is 0 Å². The van der Waals surface area contributed by atoms with Crippen molar-refractivity contribution in [2.45, 2.75) is 63.3 Å². The second-order valence-electron chi connectivity index (χ2n) is 11.0. The van der Waals surface area contributed by atoms with Crippen molar-refractivity contribution in [3.63, 3.8) is 0 Å². The van der Waals surface area contributed by atoms with Crippen molar-refractivity contribution in [3.05, 3.63) is 101 Å². The Morgan fingerprint density at radius 1 is 0.943 bits per heavy atom. The van der Waals surface area contributed by atoms with Gasteiger partial charge in [-0.05, 0) is 83.7 Å². The Morgan fingerprint density at radius 3 is 2.40 bits per heavy atom. The molecule has 0 saturated carbocycles.